The van der Waals surface area contributed by atoms with Crippen molar-refractivity contribution in [3.63, 3.8) is 0 Å². The zero-order chi connectivity index (χ0) is 23.7. The molecule has 1 N–H and O–H groups in total. The summed E-state index contributed by atoms with van der Waals surface area (Å²) in [6.07, 6.45) is 0.194. The molecule has 0 bridgehead atoms. The maximum absolute atomic E-state index is 10.7. The van der Waals surface area contributed by atoms with Crippen molar-refractivity contribution in [2.24, 2.45) is 5.41 Å². The van der Waals surface area contributed by atoms with Gasteiger partial charge < -0.3 is 19.3 Å². The van der Waals surface area contributed by atoms with E-state index in [1.807, 2.05) is 60.7 Å². The molecular formula is C29H36O4. The highest BCUT2D eigenvalue weighted by Gasteiger charge is 2.38. The van der Waals surface area contributed by atoms with Crippen LogP contribution in [0.15, 0.2) is 84.9 Å². The van der Waals surface area contributed by atoms with E-state index in [1.54, 1.807) is 7.11 Å². The fourth-order valence-corrected chi connectivity index (χ4v) is 3.79. The Hall–Kier alpha value is -2.66. The molecule has 0 radical (unpaired) electrons. The van der Waals surface area contributed by atoms with E-state index < -0.39 is 11.7 Å². The van der Waals surface area contributed by atoms with Crippen LogP contribution in [-0.4, -0.2) is 38.1 Å². The molecular weight excluding hydrogens is 412 g/mol. The van der Waals surface area contributed by atoms with E-state index in [1.165, 1.54) is 0 Å². The van der Waals surface area contributed by atoms with Crippen molar-refractivity contribution in [1.82, 2.24) is 0 Å². The van der Waals surface area contributed by atoms with Gasteiger partial charge in [-0.1, -0.05) is 93.6 Å². The van der Waals surface area contributed by atoms with Crippen molar-refractivity contribution in [2.45, 2.75) is 38.9 Å². The molecule has 0 unspecified atom stereocenters. The second-order valence-electron chi connectivity index (χ2n) is 9.49. The molecule has 0 aliphatic heterocycles. The van der Waals surface area contributed by atoms with Crippen molar-refractivity contribution in [2.75, 3.05) is 26.9 Å². The quantitative estimate of drug-likeness (QED) is 0.297. The van der Waals surface area contributed by atoms with Crippen LogP contribution in [0.5, 0.6) is 5.75 Å². The number of methoxy groups -OCH3 is 1. The smallest absolute Gasteiger partial charge is 0.143 e. The number of ether oxygens (including phenoxy) is 3. The molecule has 0 fully saturated rings. The first kappa shape index (κ1) is 25.0. The highest BCUT2D eigenvalue weighted by molar-refractivity contribution is 5.48. The largest absolute Gasteiger partial charge is 0.497 e. The van der Waals surface area contributed by atoms with E-state index >= 15 is 0 Å². The van der Waals surface area contributed by atoms with E-state index in [0.717, 1.165) is 28.9 Å². The molecule has 4 nitrogen and oxygen atoms in total. The van der Waals surface area contributed by atoms with E-state index in [2.05, 4.69) is 45.0 Å². The van der Waals surface area contributed by atoms with Crippen LogP contribution in [0.2, 0.25) is 0 Å². The van der Waals surface area contributed by atoms with Crippen molar-refractivity contribution in [3.8, 4) is 5.75 Å². The number of rotatable bonds is 11. The lowest BCUT2D eigenvalue weighted by atomic mass is 9.80. The van der Waals surface area contributed by atoms with Crippen LogP contribution < -0.4 is 4.74 Å². The third-order valence-corrected chi connectivity index (χ3v) is 5.66. The third-order valence-electron chi connectivity index (χ3n) is 5.66. The first-order valence-corrected chi connectivity index (χ1v) is 11.5. The fraction of sp³-hybridized carbons (Fsp3) is 0.379. The monoisotopic (exact) mass is 448 g/mol. The standard InChI is InChI=1S/C29H36O4/c1-28(2,3)19-20-32-21-26(30)22-33-29(23-11-7-5-8-12-23,24-13-9-6-10-14-24)25-15-17-27(31-4)18-16-25/h5-18,26,30H,19-22H2,1-4H3/t26-/m0/s1. The average Bonchev–Trinajstić information content (AvgIpc) is 2.83. The van der Waals surface area contributed by atoms with Gasteiger partial charge in [-0.2, -0.15) is 0 Å². The normalized spacial score (nSPS) is 13.0. The molecule has 4 heteroatoms. The van der Waals surface area contributed by atoms with Gasteiger partial charge in [0.25, 0.3) is 0 Å². The van der Waals surface area contributed by atoms with E-state index in [0.29, 0.717) is 6.61 Å². The van der Waals surface area contributed by atoms with Gasteiger partial charge in [0.2, 0.25) is 0 Å². The minimum absolute atomic E-state index is 0.130. The van der Waals surface area contributed by atoms with Crippen LogP contribution in [0, 0.1) is 5.41 Å². The first-order chi connectivity index (χ1) is 15.8. The lowest BCUT2D eigenvalue weighted by Gasteiger charge is -2.36. The molecule has 0 spiro atoms. The lowest BCUT2D eigenvalue weighted by molar-refractivity contribution is -0.0655. The number of aliphatic hydroxyl groups is 1. The Morgan fingerprint density at radius 1 is 0.727 bits per heavy atom. The SMILES string of the molecule is COc1ccc(C(OC[C@@H](O)COCCC(C)(C)C)(c2ccccc2)c2ccccc2)cc1. The number of aliphatic hydroxyl groups excluding tert-OH is 1. The highest BCUT2D eigenvalue weighted by atomic mass is 16.5. The predicted molar refractivity (Wildman–Crippen MR) is 133 cm³/mol. The minimum atomic E-state index is -0.888. The summed E-state index contributed by atoms with van der Waals surface area (Å²) in [5.74, 6) is 0.779. The van der Waals surface area contributed by atoms with E-state index in [4.69, 9.17) is 14.2 Å². The number of hydrogen-bond acceptors (Lipinski definition) is 4. The maximum atomic E-state index is 10.7. The van der Waals surface area contributed by atoms with E-state index in [9.17, 15) is 5.11 Å². The molecule has 1 atom stereocenters. The Kier molecular flexibility index (Phi) is 8.67. The molecule has 0 saturated carbocycles. The van der Waals surface area contributed by atoms with Gasteiger partial charge in [-0.15, -0.1) is 0 Å². The summed E-state index contributed by atoms with van der Waals surface area (Å²) in [6, 6.07) is 28.2. The zero-order valence-corrected chi connectivity index (χ0v) is 20.2. The summed E-state index contributed by atoms with van der Waals surface area (Å²) in [5.41, 5.74) is 2.25. The van der Waals surface area contributed by atoms with Crippen LogP contribution in [-0.2, 0) is 15.1 Å². The summed E-state index contributed by atoms with van der Waals surface area (Å²) in [7, 11) is 1.66. The van der Waals surface area contributed by atoms with Gasteiger partial charge in [0.1, 0.15) is 17.5 Å². The minimum Gasteiger partial charge on any atom is -0.497 e. The van der Waals surface area contributed by atoms with Crippen molar-refractivity contribution < 1.29 is 19.3 Å². The van der Waals surface area contributed by atoms with E-state index in [-0.39, 0.29) is 18.6 Å². The van der Waals surface area contributed by atoms with Gasteiger partial charge >= 0.3 is 0 Å². The first-order valence-electron chi connectivity index (χ1n) is 11.5. The van der Waals surface area contributed by atoms with Crippen molar-refractivity contribution in [3.05, 3.63) is 102 Å². The molecule has 0 saturated heterocycles. The topological polar surface area (TPSA) is 47.9 Å². The maximum Gasteiger partial charge on any atom is 0.143 e. The summed E-state index contributed by atoms with van der Waals surface area (Å²) in [5, 5.41) is 10.7. The highest BCUT2D eigenvalue weighted by Crippen LogP contribution is 2.41. The molecule has 3 aromatic rings. The molecule has 0 heterocycles. The van der Waals surface area contributed by atoms with Crippen LogP contribution in [0.1, 0.15) is 43.9 Å². The molecule has 3 rings (SSSR count). The van der Waals surface area contributed by atoms with Gasteiger partial charge in [0.05, 0.1) is 20.3 Å². The Bertz CT molecular complexity index is 907. The third kappa shape index (κ3) is 6.67. The average molecular weight is 449 g/mol. The molecule has 33 heavy (non-hydrogen) atoms. The van der Waals surface area contributed by atoms with Crippen molar-refractivity contribution >= 4 is 0 Å². The molecule has 0 aliphatic rings. The Labute approximate surface area is 198 Å². The van der Waals surface area contributed by atoms with Gasteiger partial charge in [-0.3, -0.25) is 0 Å². The van der Waals surface area contributed by atoms with Gasteiger partial charge in [-0.25, -0.2) is 0 Å². The number of hydrogen-bond donors (Lipinski definition) is 1. The van der Waals surface area contributed by atoms with Crippen LogP contribution in [0.4, 0.5) is 0 Å². The van der Waals surface area contributed by atoms with Crippen LogP contribution >= 0.6 is 0 Å². The summed E-state index contributed by atoms with van der Waals surface area (Å²) >= 11 is 0. The summed E-state index contributed by atoms with van der Waals surface area (Å²) in [4.78, 5) is 0. The molecule has 176 valence electrons. The summed E-state index contributed by atoms with van der Waals surface area (Å²) in [6.45, 7) is 7.52. The van der Waals surface area contributed by atoms with Crippen LogP contribution in [0.25, 0.3) is 0 Å². The zero-order valence-electron chi connectivity index (χ0n) is 20.2. The predicted octanol–water partition coefficient (Wildman–Crippen LogP) is 5.82. The fourth-order valence-electron chi connectivity index (χ4n) is 3.79. The van der Waals surface area contributed by atoms with Crippen LogP contribution in [0.3, 0.4) is 0 Å². The molecule has 0 aromatic heterocycles. The second-order valence-corrected chi connectivity index (χ2v) is 9.49. The van der Waals surface area contributed by atoms with Gasteiger partial charge in [-0.05, 0) is 40.7 Å². The molecule has 0 amide bonds. The second kappa shape index (κ2) is 11.5. The van der Waals surface area contributed by atoms with Gasteiger partial charge in [0.15, 0.2) is 0 Å². The summed E-state index contributed by atoms with van der Waals surface area (Å²) < 4.78 is 17.8. The Morgan fingerprint density at radius 3 is 1.73 bits per heavy atom. The Balaban J connectivity index is 1.91. The lowest BCUT2D eigenvalue weighted by Crippen LogP contribution is -2.36. The molecule has 0 aliphatic carbocycles. The molecule has 3 aromatic carbocycles. The van der Waals surface area contributed by atoms with Crippen molar-refractivity contribution in [1.29, 1.82) is 0 Å². The van der Waals surface area contributed by atoms with Gasteiger partial charge in [0, 0.05) is 6.61 Å². The number of benzene rings is 3. The Morgan fingerprint density at radius 2 is 1.24 bits per heavy atom.